The fourth-order valence-electron chi connectivity index (χ4n) is 2.83. The molecule has 1 aliphatic heterocycles. The van der Waals surface area contributed by atoms with Crippen LogP contribution in [0, 0.1) is 0 Å². The van der Waals surface area contributed by atoms with Crippen molar-refractivity contribution in [2.24, 2.45) is 17.2 Å². The van der Waals surface area contributed by atoms with E-state index in [9.17, 15) is 0 Å². The fraction of sp³-hybridized carbons (Fsp3) is 1.00. The van der Waals surface area contributed by atoms with Crippen LogP contribution in [0.1, 0.15) is 0 Å². The molecule has 1 heterocycles. The Labute approximate surface area is 147 Å². The van der Waals surface area contributed by atoms with Crippen molar-refractivity contribution in [2.45, 2.75) is 0 Å². The van der Waals surface area contributed by atoms with Crippen LogP contribution < -0.4 is 17.2 Å². The van der Waals surface area contributed by atoms with Gasteiger partial charge in [0.15, 0.2) is 0 Å². The highest BCUT2D eigenvalue weighted by Gasteiger charge is 2.12. The molecule has 6 N–H and O–H groups in total. The van der Waals surface area contributed by atoms with Crippen LogP contribution in [0.15, 0.2) is 0 Å². The number of hydrogen-bond acceptors (Lipinski definition) is 8. The van der Waals surface area contributed by atoms with E-state index in [-0.39, 0.29) is 0 Å². The molecule has 0 aromatic carbocycles. The Morgan fingerprint density at radius 3 is 1.17 bits per heavy atom. The zero-order valence-corrected chi connectivity index (χ0v) is 15.2. The van der Waals surface area contributed by atoms with Gasteiger partial charge < -0.3 is 26.7 Å². The molecule has 1 fully saturated rings. The van der Waals surface area contributed by atoms with Gasteiger partial charge in [-0.2, -0.15) is 0 Å². The Balaban J connectivity index is 2.56. The van der Waals surface area contributed by atoms with Crippen molar-refractivity contribution in [2.75, 3.05) is 105 Å². The maximum atomic E-state index is 5.78. The van der Waals surface area contributed by atoms with Crippen molar-refractivity contribution >= 4 is 0 Å². The Morgan fingerprint density at radius 1 is 0.500 bits per heavy atom. The molecule has 8 heteroatoms. The summed E-state index contributed by atoms with van der Waals surface area (Å²) in [5, 5.41) is 0. The zero-order chi connectivity index (χ0) is 17.5. The lowest BCUT2D eigenvalue weighted by atomic mass is 10.3. The van der Waals surface area contributed by atoms with Gasteiger partial charge in [-0.1, -0.05) is 0 Å². The van der Waals surface area contributed by atoms with E-state index in [1.54, 1.807) is 0 Å². The van der Waals surface area contributed by atoms with E-state index in [0.29, 0.717) is 32.8 Å². The molecule has 0 amide bonds. The standard InChI is InChI=1S/C16H38N6O2/c17-1-4-20-7-9-21(5-2-18)11-13-23-15-16-24-14-12-22(6-3-19)10-8-20/h1-19H2. The normalized spacial score (nSPS) is 22.1. The maximum absolute atomic E-state index is 5.78. The predicted molar refractivity (Wildman–Crippen MR) is 98.1 cm³/mol. The third-order valence-electron chi connectivity index (χ3n) is 4.28. The number of rotatable bonds is 6. The van der Waals surface area contributed by atoms with Crippen LogP contribution in [0.5, 0.6) is 0 Å². The van der Waals surface area contributed by atoms with E-state index in [1.807, 2.05) is 0 Å². The van der Waals surface area contributed by atoms with Crippen LogP contribution in [0.2, 0.25) is 0 Å². The Kier molecular flexibility index (Phi) is 13.6. The second-order valence-corrected chi connectivity index (χ2v) is 6.12. The van der Waals surface area contributed by atoms with Gasteiger partial charge in [0, 0.05) is 78.5 Å². The lowest BCUT2D eigenvalue weighted by Crippen LogP contribution is -2.44. The fourth-order valence-corrected chi connectivity index (χ4v) is 2.83. The average Bonchev–Trinajstić information content (AvgIpc) is 2.58. The van der Waals surface area contributed by atoms with Crippen molar-refractivity contribution in [1.29, 1.82) is 0 Å². The monoisotopic (exact) mass is 346 g/mol. The van der Waals surface area contributed by atoms with Gasteiger partial charge in [-0.25, -0.2) is 0 Å². The minimum atomic E-state index is 0.645. The topological polar surface area (TPSA) is 106 Å². The highest BCUT2D eigenvalue weighted by atomic mass is 16.5. The zero-order valence-electron chi connectivity index (χ0n) is 15.2. The summed E-state index contributed by atoms with van der Waals surface area (Å²) < 4.78 is 11.3. The molecule has 0 unspecified atom stereocenters. The quantitative estimate of drug-likeness (QED) is 0.498. The molecule has 1 rings (SSSR count). The molecule has 24 heavy (non-hydrogen) atoms. The highest BCUT2D eigenvalue weighted by molar-refractivity contribution is 4.68. The first-order valence-corrected chi connectivity index (χ1v) is 9.23. The second kappa shape index (κ2) is 15.0. The van der Waals surface area contributed by atoms with Crippen LogP contribution in [0.25, 0.3) is 0 Å². The molecule has 8 nitrogen and oxygen atoms in total. The summed E-state index contributed by atoms with van der Waals surface area (Å²) in [7, 11) is 0. The van der Waals surface area contributed by atoms with Crippen LogP contribution >= 0.6 is 0 Å². The van der Waals surface area contributed by atoms with Gasteiger partial charge in [-0.15, -0.1) is 0 Å². The van der Waals surface area contributed by atoms with Gasteiger partial charge in [0.1, 0.15) is 0 Å². The first-order chi connectivity index (χ1) is 11.8. The molecule has 0 spiro atoms. The summed E-state index contributed by atoms with van der Waals surface area (Å²) >= 11 is 0. The Bertz CT molecular complexity index is 261. The molecular formula is C16H38N6O2. The van der Waals surface area contributed by atoms with Crippen LogP contribution in [0.3, 0.4) is 0 Å². The van der Waals surface area contributed by atoms with Gasteiger partial charge in [-0.05, 0) is 0 Å². The molecule has 144 valence electrons. The summed E-state index contributed by atoms with van der Waals surface area (Å²) in [6.07, 6.45) is 0. The van der Waals surface area contributed by atoms with Crippen LogP contribution in [-0.2, 0) is 9.47 Å². The highest BCUT2D eigenvalue weighted by Crippen LogP contribution is 1.97. The summed E-state index contributed by atoms with van der Waals surface area (Å²) in [5.41, 5.74) is 17.2. The SMILES string of the molecule is NCCN1CCOCCOCCN(CCN)CCN(CCN)CC1. The molecule has 0 aromatic rings. The molecule has 0 bridgehead atoms. The van der Waals surface area contributed by atoms with Crippen molar-refractivity contribution in [3.8, 4) is 0 Å². The number of ether oxygens (including phenoxy) is 2. The van der Waals surface area contributed by atoms with Crippen molar-refractivity contribution in [3.63, 3.8) is 0 Å². The molecule has 0 aliphatic carbocycles. The number of nitrogens with two attached hydrogens (primary N) is 3. The molecule has 0 saturated carbocycles. The molecule has 1 aliphatic rings. The summed E-state index contributed by atoms with van der Waals surface area (Å²) in [5.74, 6) is 0. The third-order valence-corrected chi connectivity index (χ3v) is 4.28. The van der Waals surface area contributed by atoms with Gasteiger partial charge >= 0.3 is 0 Å². The Hall–Kier alpha value is -0.320. The summed E-state index contributed by atoms with van der Waals surface area (Å²) in [4.78, 5) is 7.15. The average molecular weight is 347 g/mol. The van der Waals surface area contributed by atoms with E-state index in [1.165, 1.54) is 0 Å². The van der Waals surface area contributed by atoms with E-state index < -0.39 is 0 Å². The van der Waals surface area contributed by atoms with Crippen molar-refractivity contribution in [3.05, 3.63) is 0 Å². The largest absolute Gasteiger partial charge is 0.378 e. The first-order valence-electron chi connectivity index (χ1n) is 9.23. The molecule has 0 atom stereocenters. The summed E-state index contributed by atoms with van der Waals surface area (Å²) in [6, 6.07) is 0. The van der Waals surface area contributed by atoms with Gasteiger partial charge in [0.2, 0.25) is 0 Å². The molecular weight excluding hydrogens is 308 g/mol. The number of hydrogen-bond donors (Lipinski definition) is 3. The van der Waals surface area contributed by atoms with E-state index in [2.05, 4.69) is 14.7 Å². The predicted octanol–water partition coefficient (Wildman–Crippen LogP) is -2.18. The van der Waals surface area contributed by atoms with Gasteiger partial charge in [0.05, 0.1) is 26.4 Å². The Morgan fingerprint density at radius 2 is 0.833 bits per heavy atom. The minimum Gasteiger partial charge on any atom is -0.378 e. The third kappa shape index (κ3) is 10.5. The lowest BCUT2D eigenvalue weighted by Gasteiger charge is -2.29. The van der Waals surface area contributed by atoms with E-state index in [4.69, 9.17) is 26.7 Å². The second-order valence-electron chi connectivity index (χ2n) is 6.12. The van der Waals surface area contributed by atoms with Crippen molar-refractivity contribution in [1.82, 2.24) is 14.7 Å². The first kappa shape index (κ1) is 21.7. The lowest BCUT2D eigenvalue weighted by molar-refractivity contribution is 0.0328. The molecule has 0 radical (unpaired) electrons. The van der Waals surface area contributed by atoms with Crippen LogP contribution in [-0.4, -0.2) is 120 Å². The number of nitrogens with zero attached hydrogens (tertiary/aromatic N) is 3. The molecule has 0 aromatic heterocycles. The van der Waals surface area contributed by atoms with Crippen LogP contribution in [0.4, 0.5) is 0 Å². The van der Waals surface area contributed by atoms with Gasteiger partial charge in [-0.3, -0.25) is 14.7 Å². The van der Waals surface area contributed by atoms with E-state index >= 15 is 0 Å². The van der Waals surface area contributed by atoms with E-state index in [0.717, 1.165) is 72.1 Å². The maximum Gasteiger partial charge on any atom is 0.0701 e. The van der Waals surface area contributed by atoms with Crippen molar-refractivity contribution < 1.29 is 9.47 Å². The molecule has 1 saturated heterocycles. The summed E-state index contributed by atoms with van der Waals surface area (Å²) in [6.45, 7) is 13.3. The van der Waals surface area contributed by atoms with Gasteiger partial charge in [0.25, 0.3) is 0 Å². The smallest absolute Gasteiger partial charge is 0.0701 e. The minimum absolute atomic E-state index is 0.645.